The van der Waals surface area contributed by atoms with Crippen LogP contribution >= 0.6 is 0 Å². The van der Waals surface area contributed by atoms with Gasteiger partial charge >= 0.3 is 0 Å². The SMILES string of the molecule is c1ccc(-n2c3ccccc3c3ccc(-c4nc(-c5ccc(-c6cccc7ccccc67)cc5)nc(-c5ccc(-n6c7ccccc7c7c8ccccc8ccc76)cc5)n4)cc32)cc1. The van der Waals surface area contributed by atoms with Gasteiger partial charge in [0.1, 0.15) is 0 Å². The lowest BCUT2D eigenvalue weighted by molar-refractivity contribution is 1.07. The van der Waals surface area contributed by atoms with Crippen molar-refractivity contribution in [2.24, 2.45) is 0 Å². The molecule has 0 atom stereocenters. The van der Waals surface area contributed by atoms with Crippen LogP contribution < -0.4 is 0 Å². The number of fused-ring (bicyclic) bond motifs is 9. The molecule has 0 fully saturated rings. The Kier molecular flexibility index (Phi) is 8.15. The number of hydrogen-bond donors (Lipinski definition) is 0. The van der Waals surface area contributed by atoms with E-state index in [1.165, 1.54) is 59.7 Å². The molecule has 0 aliphatic rings. The molecule has 0 amide bonds. The lowest BCUT2D eigenvalue weighted by Crippen LogP contribution is -2.01. The van der Waals surface area contributed by atoms with Gasteiger partial charge in [0.05, 0.1) is 22.1 Å². The van der Waals surface area contributed by atoms with E-state index in [9.17, 15) is 0 Å². The van der Waals surface area contributed by atoms with Crippen LogP contribution in [-0.2, 0) is 0 Å². The maximum Gasteiger partial charge on any atom is 0.164 e. The van der Waals surface area contributed by atoms with Gasteiger partial charge < -0.3 is 9.13 Å². The second-order valence-corrected chi connectivity index (χ2v) is 16.4. The zero-order valence-corrected chi connectivity index (χ0v) is 34.6. The summed E-state index contributed by atoms with van der Waals surface area (Å²) < 4.78 is 4.70. The molecule has 13 aromatic rings. The molecule has 5 nitrogen and oxygen atoms in total. The van der Waals surface area contributed by atoms with Crippen LogP contribution in [0.3, 0.4) is 0 Å². The molecule has 13 rings (SSSR count). The molecule has 0 unspecified atom stereocenters. The van der Waals surface area contributed by atoms with Gasteiger partial charge in [0.15, 0.2) is 17.5 Å². The van der Waals surface area contributed by atoms with Crippen molar-refractivity contribution in [1.29, 1.82) is 0 Å². The third-order valence-corrected chi connectivity index (χ3v) is 12.8. The summed E-state index contributed by atoms with van der Waals surface area (Å²) in [4.78, 5) is 15.7. The third kappa shape index (κ3) is 5.75. The van der Waals surface area contributed by atoms with Crippen molar-refractivity contribution >= 4 is 65.2 Å². The lowest BCUT2D eigenvalue weighted by atomic mass is 9.97. The highest BCUT2D eigenvalue weighted by molar-refractivity contribution is 6.21. The molecule has 64 heavy (non-hydrogen) atoms. The van der Waals surface area contributed by atoms with Gasteiger partial charge in [0.2, 0.25) is 0 Å². The smallest absolute Gasteiger partial charge is 0.164 e. The standard InChI is InChI=1S/C59H37N5/c1-2-16-44(17-3-1)64-52-23-10-8-20-49(52)50-35-31-43(37-55(50)64)59-61-57(41-27-25-40(26-28-41)47-22-12-15-38-13-4-6-18-46(38)47)60-58(62-59)42-29-33-45(34-30-42)63-53-24-11-9-21-51(53)56-48-19-7-5-14-39(48)32-36-54(56)63/h1-37H. The van der Waals surface area contributed by atoms with Crippen molar-refractivity contribution in [2.75, 3.05) is 0 Å². The average Bonchev–Trinajstić information content (AvgIpc) is 3.89. The molecule has 0 aliphatic carbocycles. The summed E-state index contributed by atoms with van der Waals surface area (Å²) >= 11 is 0. The Balaban J connectivity index is 0.969. The van der Waals surface area contributed by atoms with E-state index in [1.807, 2.05) is 0 Å². The van der Waals surface area contributed by atoms with Gasteiger partial charge in [-0.05, 0) is 93.3 Å². The summed E-state index contributed by atoms with van der Waals surface area (Å²) in [7, 11) is 0. The molecule has 10 aromatic carbocycles. The molecule has 5 heteroatoms. The lowest BCUT2D eigenvalue weighted by Gasteiger charge is -2.12. The van der Waals surface area contributed by atoms with Crippen LogP contribution in [0.15, 0.2) is 224 Å². The third-order valence-electron chi connectivity index (χ3n) is 12.8. The normalized spacial score (nSPS) is 11.8. The molecule has 3 aromatic heterocycles. The number of para-hydroxylation sites is 3. The Labute approximate surface area is 368 Å². The molecule has 0 saturated carbocycles. The van der Waals surface area contributed by atoms with E-state index >= 15 is 0 Å². The van der Waals surface area contributed by atoms with E-state index in [4.69, 9.17) is 15.0 Å². The van der Waals surface area contributed by atoms with E-state index in [0.29, 0.717) is 17.5 Å². The number of nitrogens with zero attached hydrogens (tertiary/aromatic N) is 5. The predicted molar refractivity (Wildman–Crippen MR) is 265 cm³/mol. The Morgan fingerprint density at radius 3 is 1.48 bits per heavy atom. The fourth-order valence-electron chi connectivity index (χ4n) is 9.78. The highest BCUT2D eigenvalue weighted by Crippen LogP contribution is 2.39. The summed E-state index contributed by atoms with van der Waals surface area (Å²) in [5.74, 6) is 1.84. The molecular formula is C59H37N5. The fraction of sp³-hybridized carbons (Fsp3) is 0. The summed E-state index contributed by atoms with van der Waals surface area (Å²) in [6.45, 7) is 0. The van der Waals surface area contributed by atoms with Gasteiger partial charge in [-0.1, -0.05) is 164 Å². The van der Waals surface area contributed by atoms with Crippen molar-refractivity contribution in [3.05, 3.63) is 224 Å². The minimum atomic E-state index is 0.613. The summed E-state index contributed by atoms with van der Waals surface area (Å²) in [5.41, 5.74) is 11.8. The van der Waals surface area contributed by atoms with Crippen LogP contribution in [0.5, 0.6) is 0 Å². The average molecular weight is 816 g/mol. The van der Waals surface area contributed by atoms with Gasteiger partial charge in [-0.3, -0.25) is 0 Å². The predicted octanol–water partition coefficient (Wildman–Crippen LogP) is 15.0. The van der Waals surface area contributed by atoms with Gasteiger partial charge in [0.25, 0.3) is 0 Å². The molecule has 0 saturated heterocycles. The van der Waals surface area contributed by atoms with Gasteiger partial charge in [-0.25, -0.2) is 15.0 Å². The monoisotopic (exact) mass is 815 g/mol. The minimum Gasteiger partial charge on any atom is -0.309 e. The summed E-state index contributed by atoms with van der Waals surface area (Å²) in [6.07, 6.45) is 0. The molecule has 0 aliphatic heterocycles. The zero-order valence-electron chi connectivity index (χ0n) is 34.6. The van der Waals surface area contributed by atoms with Gasteiger partial charge in [-0.15, -0.1) is 0 Å². The minimum absolute atomic E-state index is 0.613. The maximum absolute atomic E-state index is 5.25. The molecule has 0 bridgehead atoms. The first-order valence-electron chi connectivity index (χ1n) is 21.7. The molecule has 0 N–H and O–H groups in total. The van der Waals surface area contributed by atoms with E-state index in [0.717, 1.165) is 44.7 Å². The Bertz CT molecular complexity index is 3930. The largest absolute Gasteiger partial charge is 0.309 e. The topological polar surface area (TPSA) is 48.5 Å². The zero-order chi connectivity index (χ0) is 42.1. The quantitative estimate of drug-likeness (QED) is 0.168. The van der Waals surface area contributed by atoms with Crippen molar-refractivity contribution < 1.29 is 0 Å². The first-order chi connectivity index (χ1) is 31.7. The molecule has 3 heterocycles. The van der Waals surface area contributed by atoms with E-state index < -0.39 is 0 Å². The van der Waals surface area contributed by atoms with E-state index in [-0.39, 0.29) is 0 Å². The van der Waals surface area contributed by atoms with E-state index in [1.54, 1.807) is 0 Å². The van der Waals surface area contributed by atoms with Crippen molar-refractivity contribution in [3.8, 4) is 56.7 Å². The summed E-state index contributed by atoms with van der Waals surface area (Å²) in [5, 5.41) is 9.81. The first kappa shape index (κ1) is 36.0. The second-order valence-electron chi connectivity index (χ2n) is 16.4. The van der Waals surface area contributed by atoms with Crippen molar-refractivity contribution in [2.45, 2.75) is 0 Å². The molecular weight excluding hydrogens is 779 g/mol. The second kappa shape index (κ2) is 14.5. The van der Waals surface area contributed by atoms with Gasteiger partial charge in [-0.2, -0.15) is 0 Å². The van der Waals surface area contributed by atoms with Crippen molar-refractivity contribution in [3.63, 3.8) is 0 Å². The number of benzene rings is 10. The van der Waals surface area contributed by atoms with Crippen LogP contribution in [0.25, 0.3) is 122 Å². The highest BCUT2D eigenvalue weighted by atomic mass is 15.0. The Hall–Kier alpha value is -8.67. The number of rotatable bonds is 6. The molecule has 0 radical (unpaired) electrons. The van der Waals surface area contributed by atoms with E-state index in [2.05, 4.69) is 234 Å². The van der Waals surface area contributed by atoms with Crippen LogP contribution in [-0.4, -0.2) is 24.1 Å². The first-order valence-corrected chi connectivity index (χ1v) is 21.7. The maximum atomic E-state index is 5.25. The highest BCUT2D eigenvalue weighted by Gasteiger charge is 2.19. The van der Waals surface area contributed by atoms with Gasteiger partial charge in [0, 0.05) is 49.6 Å². The van der Waals surface area contributed by atoms with Crippen molar-refractivity contribution in [1.82, 2.24) is 24.1 Å². The number of hydrogen-bond acceptors (Lipinski definition) is 3. The Morgan fingerprint density at radius 1 is 0.266 bits per heavy atom. The summed E-state index contributed by atoms with van der Waals surface area (Å²) in [6, 6.07) is 79.8. The van der Waals surface area contributed by atoms with Crippen LogP contribution in [0, 0.1) is 0 Å². The number of aromatic nitrogens is 5. The van der Waals surface area contributed by atoms with Crippen LogP contribution in [0.2, 0.25) is 0 Å². The van der Waals surface area contributed by atoms with Crippen LogP contribution in [0.4, 0.5) is 0 Å². The Morgan fingerprint density at radius 2 is 0.750 bits per heavy atom. The fourth-order valence-corrected chi connectivity index (χ4v) is 9.78. The molecule has 298 valence electrons. The van der Waals surface area contributed by atoms with Crippen LogP contribution in [0.1, 0.15) is 0 Å². The molecule has 0 spiro atoms.